The molecule has 4 rings (SSSR count). The zero-order chi connectivity index (χ0) is 17.9. The van der Waals surface area contributed by atoms with E-state index in [-0.39, 0.29) is 11.8 Å². The molecule has 1 aliphatic rings. The summed E-state index contributed by atoms with van der Waals surface area (Å²) in [4.78, 5) is 20.9. The lowest BCUT2D eigenvalue weighted by Crippen LogP contribution is -2.28. The fourth-order valence-corrected chi connectivity index (χ4v) is 3.34. The van der Waals surface area contributed by atoms with Gasteiger partial charge in [-0.2, -0.15) is 0 Å². The van der Waals surface area contributed by atoms with Crippen LogP contribution in [-0.2, 0) is 11.3 Å². The van der Waals surface area contributed by atoms with Crippen LogP contribution in [0, 0.1) is 5.92 Å². The molecule has 1 aliphatic carbocycles. The molecule has 0 radical (unpaired) electrons. The fourth-order valence-electron chi connectivity index (χ4n) is 3.02. The van der Waals surface area contributed by atoms with Crippen LogP contribution in [0.2, 0.25) is 0 Å². The van der Waals surface area contributed by atoms with Gasteiger partial charge in [0.15, 0.2) is 0 Å². The maximum Gasteiger partial charge on any atom is 0.227 e. The van der Waals surface area contributed by atoms with E-state index in [2.05, 4.69) is 36.5 Å². The molecule has 5 nitrogen and oxygen atoms in total. The van der Waals surface area contributed by atoms with Crippen molar-refractivity contribution in [2.75, 3.05) is 10.6 Å². The second-order valence-electron chi connectivity index (χ2n) is 6.55. The largest absolute Gasteiger partial charge is 0.379 e. The first-order chi connectivity index (χ1) is 12.7. The van der Waals surface area contributed by atoms with Crippen molar-refractivity contribution in [3.8, 4) is 0 Å². The number of halogens is 1. The number of hydrogen-bond donors (Lipinski definition) is 2. The monoisotopic (exact) mass is 410 g/mol. The molecule has 0 spiro atoms. The number of nitrogens with zero attached hydrogens (tertiary/aromatic N) is 2. The molecule has 6 heteroatoms. The van der Waals surface area contributed by atoms with E-state index in [9.17, 15) is 4.79 Å². The SMILES string of the molecule is O=C(Nc1cccc(CNc2ccnc3cc(Br)cnc23)c1)C1CCC1. The molecule has 1 saturated carbocycles. The van der Waals surface area contributed by atoms with Gasteiger partial charge in [-0.25, -0.2) is 0 Å². The molecule has 1 fully saturated rings. The summed E-state index contributed by atoms with van der Waals surface area (Å²) in [6, 6.07) is 11.8. The molecule has 2 N–H and O–H groups in total. The van der Waals surface area contributed by atoms with Gasteiger partial charge >= 0.3 is 0 Å². The van der Waals surface area contributed by atoms with E-state index in [1.165, 1.54) is 0 Å². The van der Waals surface area contributed by atoms with Gasteiger partial charge in [0.1, 0.15) is 5.52 Å². The maximum absolute atomic E-state index is 12.1. The molecule has 1 aromatic carbocycles. The normalized spacial score (nSPS) is 14.0. The Bertz CT molecular complexity index is 955. The average Bonchev–Trinajstić information content (AvgIpc) is 2.58. The van der Waals surface area contributed by atoms with Gasteiger partial charge < -0.3 is 10.6 Å². The van der Waals surface area contributed by atoms with Crippen molar-refractivity contribution in [3.05, 3.63) is 58.8 Å². The van der Waals surface area contributed by atoms with Crippen LogP contribution in [0.4, 0.5) is 11.4 Å². The zero-order valence-electron chi connectivity index (χ0n) is 14.2. The highest BCUT2D eigenvalue weighted by Crippen LogP contribution is 2.28. The number of anilines is 2. The van der Waals surface area contributed by atoms with E-state index < -0.39 is 0 Å². The molecule has 0 saturated heterocycles. The summed E-state index contributed by atoms with van der Waals surface area (Å²) in [5.74, 6) is 0.321. The Morgan fingerprint density at radius 1 is 1.19 bits per heavy atom. The van der Waals surface area contributed by atoms with Crippen LogP contribution in [0.3, 0.4) is 0 Å². The van der Waals surface area contributed by atoms with Crippen molar-refractivity contribution in [2.45, 2.75) is 25.8 Å². The van der Waals surface area contributed by atoms with E-state index in [1.807, 2.05) is 36.4 Å². The van der Waals surface area contributed by atoms with Gasteiger partial charge in [0.05, 0.1) is 11.2 Å². The lowest BCUT2D eigenvalue weighted by molar-refractivity contribution is -0.122. The van der Waals surface area contributed by atoms with Crippen molar-refractivity contribution in [1.29, 1.82) is 0 Å². The van der Waals surface area contributed by atoms with Crippen LogP contribution in [0.1, 0.15) is 24.8 Å². The number of carbonyl (C=O) groups is 1. The lowest BCUT2D eigenvalue weighted by Gasteiger charge is -2.24. The third-order valence-corrected chi connectivity index (χ3v) is 5.13. The first-order valence-corrected chi connectivity index (χ1v) is 9.52. The number of pyridine rings is 2. The molecule has 1 amide bonds. The zero-order valence-corrected chi connectivity index (χ0v) is 15.8. The Labute approximate surface area is 160 Å². The topological polar surface area (TPSA) is 66.9 Å². The summed E-state index contributed by atoms with van der Waals surface area (Å²) in [5, 5.41) is 6.44. The van der Waals surface area contributed by atoms with E-state index in [4.69, 9.17) is 0 Å². The minimum absolute atomic E-state index is 0.135. The predicted octanol–water partition coefficient (Wildman–Crippen LogP) is 4.74. The predicted molar refractivity (Wildman–Crippen MR) is 107 cm³/mol. The van der Waals surface area contributed by atoms with E-state index >= 15 is 0 Å². The van der Waals surface area contributed by atoms with Gasteiger partial charge in [0, 0.05) is 35.0 Å². The van der Waals surface area contributed by atoms with Gasteiger partial charge in [-0.05, 0) is 58.6 Å². The molecular weight excluding hydrogens is 392 g/mol. The Morgan fingerprint density at radius 3 is 2.88 bits per heavy atom. The number of carbonyl (C=O) groups excluding carboxylic acids is 1. The summed E-state index contributed by atoms with van der Waals surface area (Å²) < 4.78 is 0.907. The Morgan fingerprint density at radius 2 is 2.08 bits per heavy atom. The number of nitrogens with one attached hydrogen (secondary N) is 2. The summed E-state index contributed by atoms with van der Waals surface area (Å²) in [6.45, 7) is 0.643. The number of aromatic nitrogens is 2. The van der Waals surface area contributed by atoms with Gasteiger partial charge in [-0.1, -0.05) is 18.6 Å². The van der Waals surface area contributed by atoms with E-state index in [1.54, 1.807) is 12.4 Å². The minimum Gasteiger partial charge on any atom is -0.379 e. The number of fused-ring (bicyclic) bond motifs is 1. The third kappa shape index (κ3) is 3.70. The second-order valence-corrected chi connectivity index (χ2v) is 7.47. The number of benzene rings is 1. The highest BCUT2D eigenvalue weighted by Gasteiger charge is 2.25. The van der Waals surface area contributed by atoms with Crippen LogP contribution in [0.15, 0.2) is 53.3 Å². The van der Waals surface area contributed by atoms with Gasteiger partial charge in [-0.15, -0.1) is 0 Å². The summed E-state index contributed by atoms with van der Waals surface area (Å²) in [5.41, 5.74) is 4.56. The molecule has 2 aromatic heterocycles. The summed E-state index contributed by atoms with van der Waals surface area (Å²) >= 11 is 3.42. The molecular formula is C20H19BrN4O. The molecule has 132 valence electrons. The highest BCUT2D eigenvalue weighted by molar-refractivity contribution is 9.10. The van der Waals surface area contributed by atoms with Crippen LogP contribution < -0.4 is 10.6 Å². The smallest absolute Gasteiger partial charge is 0.227 e. The first kappa shape index (κ1) is 17.0. The number of hydrogen-bond acceptors (Lipinski definition) is 4. The van der Waals surface area contributed by atoms with Crippen LogP contribution in [0.25, 0.3) is 11.0 Å². The van der Waals surface area contributed by atoms with E-state index in [0.717, 1.165) is 51.7 Å². The lowest BCUT2D eigenvalue weighted by atomic mass is 9.85. The quantitative estimate of drug-likeness (QED) is 0.636. The second kappa shape index (κ2) is 7.41. The highest BCUT2D eigenvalue weighted by atomic mass is 79.9. The van der Waals surface area contributed by atoms with Crippen LogP contribution in [-0.4, -0.2) is 15.9 Å². The van der Waals surface area contributed by atoms with Crippen molar-refractivity contribution in [2.24, 2.45) is 5.92 Å². The average molecular weight is 411 g/mol. The third-order valence-electron chi connectivity index (χ3n) is 4.70. The first-order valence-electron chi connectivity index (χ1n) is 8.73. The van der Waals surface area contributed by atoms with Crippen molar-refractivity contribution >= 4 is 44.2 Å². The fraction of sp³-hybridized carbons (Fsp3) is 0.250. The molecule has 0 aliphatic heterocycles. The summed E-state index contributed by atoms with van der Waals surface area (Å²) in [6.07, 6.45) is 6.71. The Hall–Kier alpha value is -2.47. The van der Waals surface area contributed by atoms with Gasteiger partial charge in [0.2, 0.25) is 5.91 Å². The number of rotatable bonds is 5. The summed E-state index contributed by atoms with van der Waals surface area (Å²) in [7, 11) is 0. The van der Waals surface area contributed by atoms with Crippen molar-refractivity contribution in [3.63, 3.8) is 0 Å². The van der Waals surface area contributed by atoms with E-state index in [0.29, 0.717) is 6.54 Å². The number of amides is 1. The van der Waals surface area contributed by atoms with Crippen LogP contribution >= 0.6 is 15.9 Å². The molecule has 0 unspecified atom stereocenters. The molecule has 0 atom stereocenters. The minimum atomic E-state index is 0.135. The van der Waals surface area contributed by atoms with Gasteiger partial charge in [0.25, 0.3) is 0 Å². The van der Waals surface area contributed by atoms with Crippen LogP contribution in [0.5, 0.6) is 0 Å². The van der Waals surface area contributed by atoms with Gasteiger partial charge in [-0.3, -0.25) is 14.8 Å². The molecule has 3 aromatic rings. The molecule has 0 bridgehead atoms. The molecule has 2 heterocycles. The Balaban J connectivity index is 1.46. The van der Waals surface area contributed by atoms with Crippen molar-refractivity contribution in [1.82, 2.24) is 9.97 Å². The maximum atomic E-state index is 12.1. The van der Waals surface area contributed by atoms with Crippen molar-refractivity contribution < 1.29 is 4.79 Å². The molecule has 26 heavy (non-hydrogen) atoms. The standard InChI is InChI=1S/C20H19BrN4O/c21-15-10-18-19(24-12-15)17(7-8-22-18)23-11-13-3-1-6-16(9-13)25-20(26)14-4-2-5-14/h1,3,6-10,12,14H,2,4-5,11H2,(H,22,23)(H,25,26). The Kier molecular flexibility index (Phi) is 4.84.